The third kappa shape index (κ3) is 4.54. The van der Waals surface area contributed by atoms with E-state index >= 15 is 4.39 Å². The van der Waals surface area contributed by atoms with E-state index in [-0.39, 0.29) is 43.8 Å². The molecule has 188 valence electrons. The third-order valence-electron chi connectivity index (χ3n) is 5.58. The fraction of sp³-hybridized carbons (Fsp3) is 0.0400. The van der Waals surface area contributed by atoms with E-state index in [1.54, 1.807) is 0 Å². The minimum atomic E-state index is -4.02. The van der Waals surface area contributed by atoms with Gasteiger partial charge in [0.05, 0.1) is 23.2 Å². The van der Waals surface area contributed by atoms with Gasteiger partial charge in [-0.05, 0) is 48.5 Å². The average Bonchev–Trinajstić information content (AvgIpc) is 3.37. The molecule has 5 aromatic rings. The summed E-state index contributed by atoms with van der Waals surface area (Å²) in [4.78, 5) is 12.8. The molecule has 0 atom stereocenters. The number of halogens is 3. The summed E-state index contributed by atoms with van der Waals surface area (Å²) in [5, 5.41) is 4.12. The minimum Gasteiger partial charge on any atom is -0.495 e. The number of methoxy groups -OCH3 is 1. The Labute approximate surface area is 213 Å². The molecule has 0 saturated carbocycles. The van der Waals surface area contributed by atoms with Crippen molar-refractivity contribution < 1.29 is 26.5 Å². The number of hydrogen-bond donors (Lipinski definition) is 1. The lowest BCUT2D eigenvalue weighted by molar-refractivity contribution is 0.412. The molecule has 3 aromatic carbocycles. The van der Waals surface area contributed by atoms with Crippen molar-refractivity contribution in [2.24, 2.45) is 0 Å². The Kier molecular flexibility index (Phi) is 6.18. The number of anilines is 1. The molecule has 1 N–H and O–H groups in total. The average molecular weight is 544 g/mol. The van der Waals surface area contributed by atoms with Crippen molar-refractivity contribution in [3.8, 4) is 22.6 Å². The lowest BCUT2D eigenvalue weighted by Crippen LogP contribution is -2.19. The number of pyridine rings is 1. The number of benzene rings is 3. The number of nitrogens with one attached hydrogen (secondary N) is 1. The van der Waals surface area contributed by atoms with Crippen LogP contribution in [0.15, 0.2) is 87.2 Å². The maximum absolute atomic E-state index is 15.3. The first-order valence-electron chi connectivity index (χ1n) is 10.6. The molecule has 0 saturated heterocycles. The summed E-state index contributed by atoms with van der Waals surface area (Å²) >= 11 is 5.97. The van der Waals surface area contributed by atoms with Gasteiger partial charge < -0.3 is 9.26 Å². The summed E-state index contributed by atoms with van der Waals surface area (Å²) in [5.74, 6) is -1.43. The molecule has 2 aromatic heterocycles. The summed E-state index contributed by atoms with van der Waals surface area (Å²) in [7, 11) is -2.69. The van der Waals surface area contributed by atoms with Crippen molar-refractivity contribution in [1.29, 1.82) is 0 Å². The highest BCUT2D eigenvalue weighted by atomic mass is 35.5. The Morgan fingerprint density at radius 1 is 0.973 bits per heavy atom. The van der Waals surface area contributed by atoms with E-state index < -0.39 is 27.2 Å². The summed E-state index contributed by atoms with van der Waals surface area (Å²) in [6.07, 6.45) is 1.22. The molecule has 12 heteroatoms. The zero-order chi connectivity index (χ0) is 26.3. The second kappa shape index (κ2) is 9.34. The Morgan fingerprint density at radius 2 is 1.76 bits per heavy atom. The van der Waals surface area contributed by atoms with E-state index in [0.29, 0.717) is 5.39 Å². The number of hydrogen-bond acceptors (Lipinski definition) is 6. The highest BCUT2D eigenvalue weighted by Crippen LogP contribution is 2.35. The van der Waals surface area contributed by atoms with Gasteiger partial charge in [0, 0.05) is 39.7 Å². The molecule has 8 nitrogen and oxygen atoms in total. The summed E-state index contributed by atoms with van der Waals surface area (Å²) in [6.45, 7) is 0. The number of nitrogens with zero attached hydrogens (tertiary/aromatic N) is 2. The highest BCUT2D eigenvalue weighted by molar-refractivity contribution is 7.92. The third-order valence-corrected chi connectivity index (χ3v) is 7.17. The summed E-state index contributed by atoms with van der Waals surface area (Å²) in [6, 6.07) is 14.1. The second-order valence-electron chi connectivity index (χ2n) is 7.85. The van der Waals surface area contributed by atoms with Crippen molar-refractivity contribution in [3.63, 3.8) is 0 Å². The van der Waals surface area contributed by atoms with Crippen molar-refractivity contribution >= 4 is 38.3 Å². The normalized spacial score (nSPS) is 11.6. The number of rotatable bonds is 6. The maximum atomic E-state index is 15.3. The molecule has 0 amide bonds. The van der Waals surface area contributed by atoms with E-state index in [4.69, 9.17) is 16.3 Å². The first-order valence-corrected chi connectivity index (χ1v) is 12.5. The first-order chi connectivity index (χ1) is 17.7. The maximum Gasteiger partial charge on any atom is 0.263 e. The van der Waals surface area contributed by atoms with Crippen LogP contribution in [0.5, 0.6) is 5.75 Å². The Balaban J connectivity index is 1.66. The van der Waals surface area contributed by atoms with Crippen molar-refractivity contribution in [1.82, 2.24) is 9.72 Å². The van der Waals surface area contributed by atoms with Crippen molar-refractivity contribution in [3.05, 3.63) is 100 Å². The van der Waals surface area contributed by atoms with Gasteiger partial charge in [-0.15, -0.1) is 0 Å². The lowest BCUT2D eigenvalue weighted by atomic mass is 10.0. The van der Waals surface area contributed by atoms with Crippen LogP contribution in [-0.2, 0) is 10.0 Å². The Bertz CT molecular complexity index is 1820. The van der Waals surface area contributed by atoms with Gasteiger partial charge >= 0.3 is 0 Å². The SMILES string of the molecule is COc1cc(-c2cc(Cl)ccc2F)c(F)cc1-n1c(=O)ccc2cc(S(=O)(=O)Nc3ccon3)ccc21. The van der Waals surface area contributed by atoms with Crippen LogP contribution in [0.1, 0.15) is 0 Å². The highest BCUT2D eigenvalue weighted by Gasteiger charge is 2.20. The molecular formula is C25H16ClF2N3O5S. The van der Waals surface area contributed by atoms with Gasteiger partial charge in [0.2, 0.25) is 0 Å². The number of aromatic nitrogens is 2. The minimum absolute atomic E-state index is 0.00140. The molecule has 2 heterocycles. The van der Waals surface area contributed by atoms with E-state index in [1.807, 2.05) is 0 Å². The molecule has 5 rings (SSSR count). The topological polar surface area (TPSA) is 103 Å². The molecule has 0 fully saturated rings. The Hall–Kier alpha value is -4.22. The zero-order valence-electron chi connectivity index (χ0n) is 18.9. The van der Waals surface area contributed by atoms with Crippen LogP contribution in [0.4, 0.5) is 14.6 Å². The van der Waals surface area contributed by atoms with Crippen LogP contribution in [0.25, 0.3) is 27.7 Å². The smallest absolute Gasteiger partial charge is 0.263 e. The van der Waals surface area contributed by atoms with Gasteiger partial charge in [-0.25, -0.2) is 17.2 Å². The van der Waals surface area contributed by atoms with Gasteiger partial charge in [0.1, 0.15) is 23.6 Å². The van der Waals surface area contributed by atoms with Gasteiger partial charge in [-0.1, -0.05) is 16.8 Å². The van der Waals surface area contributed by atoms with E-state index in [2.05, 4.69) is 14.4 Å². The number of ether oxygens (including phenoxy) is 1. The lowest BCUT2D eigenvalue weighted by Gasteiger charge is -2.17. The summed E-state index contributed by atoms with van der Waals surface area (Å²) in [5.41, 5.74) is -0.385. The van der Waals surface area contributed by atoms with Crippen LogP contribution in [0.3, 0.4) is 0 Å². The molecular weight excluding hydrogens is 528 g/mol. The quantitative estimate of drug-likeness (QED) is 0.308. The fourth-order valence-corrected chi connectivity index (χ4v) is 5.09. The zero-order valence-corrected chi connectivity index (χ0v) is 20.5. The molecule has 0 aliphatic heterocycles. The summed E-state index contributed by atoms with van der Waals surface area (Å²) < 4.78 is 68.8. The molecule has 0 aliphatic carbocycles. The van der Waals surface area contributed by atoms with Gasteiger partial charge in [0.15, 0.2) is 5.82 Å². The monoisotopic (exact) mass is 543 g/mol. The molecule has 37 heavy (non-hydrogen) atoms. The van der Waals surface area contributed by atoms with E-state index in [0.717, 1.165) is 12.1 Å². The van der Waals surface area contributed by atoms with Gasteiger partial charge in [-0.2, -0.15) is 0 Å². The van der Waals surface area contributed by atoms with Gasteiger partial charge in [0.25, 0.3) is 15.6 Å². The number of sulfonamides is 1. The fourth-order valence-electron chi connectivity index (χ4n) is 3.89. The molecule has 0 radical (unpaired) electrons. The first kappa shape index (κ1) is 24.5. The Morgan fingerprint density at radius 3 is 2.49 bits per heavy atom. The van der Waals surface area contributed by atoms with Crippen LogP contribution < -0.4 is 15.0 Å². The number of fused-ring (bicyclic) bond motifs is 1. The standard InChI is InChI=1S/C25H16ClF2N3O5S/c1-35-23-12-18(17-11-15(26)3-5-19(17)27)20(28)13-22(23)31-21-6-4-16(10-14(21)2-7-25(31)32)37(33,34)30-24-8-9-36-29-24/h2-13H,1H3,(H,29,30). The molecule has 0 bridgehead atoms. The molecule has 0 spiro atoms. The van der Waals surface area contributed by atoms with Crippen LogP contribution in [-0.4, -0.2) is 25.3 Å². The van der Waals surface area contributed by atoms with E-state index in [9.17, 15) is 17.6 Å². The van der Waals surface area contributed by atoms with Crippen molar-refractivity contribution in [2.75, 3.05) is 11.8 Å². The predicted octanol–water partition coefficient (Wildman–Crippen LogP) is 5.39. The van der Waals surface area contributed by atoms with Crippen molar-refractivity contribution in [2.45, 2.75) is 4.90 Å². The van der Waals surface area contributed by atoms with E-state index in [1.165, 1.54) is 72.5 Å². The molecule has 0 unspecified atom stereocenters. The van der Waals surface area contributed by atoms with Crippen LogP contribution in [0.2, 0.25) is 5.02 Å². The van der Waals surface area contributed by atoms with Crippen LogP contribution in [0, 0.1) is 11.6 Å². The second-order valence-corrected chi connectivity index (χ2v) is 9.96. The van der Waals surface area contributed by atoms with Gasteiger partial charge in [-0.3, -0.25) is 14.1 Å². The van der Waals surface area contributed by atoms with Crippen LogP contribution >= 0.6 is 11.6 Å². The molecule has 0 aliphatic rings. The largest absolute Gasteiger partial charge is 0.495 e. The predicted molar refractivity (Wildman–Crippen MR) is 134 cm³/mol.